The number of aliphatic hydroxyl groups is 1. The van der Waals surface area contributed by atoms with Crippen molar-refractivity contribution < 1.29 is 9.52 Å². The first-order chi connectivity index (χ1) is 6.48. The van der Waals surface area contributed by atoms with Crippen LogP contribution in [-0.2, 0) is 5.60 Å². The molecule has 0 spiro atoms. The SMILES string of the molecule is CC(C)(O)c1coc2cc(Br)ccc12. The maximum absolute atomic E-state index is 9.87. The highest BCUT2D eigenvalue weighted by Crippen LogP contribution is 2.31. The van der Waals surface area contributed by atoms with E-state index in [0.717, 1.165) is 21.0 Å². The van der Waals surface area contributed by atoms with Gasteiger partial charge in [0.1, 0.15) is 5.58 Å². The summed E-state index contributed by atoms with van der Waals surface area (Å²) in [5.74, 6) is 0. The lowest BCUT2D eigenvalue weighted by atomic mass is 9.98. The molecule has 0 unspecified atom stereocenters. The zero-order valence-corrected chi connectivity index (χ0v) is 9.63. The smallest absolute Gasteiger partial charge is 0.135 e. The average molecular weight is 255 g/mol. The highest BCUT2D eigenvalue weighted by Gasteiger charge is 2.21. The van der Waals surface area contributed by atoms with Crippen molar-refractivity contribution in [2.24, 2.45) is 0 Å². The average Bonchev–Trinajstić information content (AvgIpc) is 2.45. The van der Waals surface area contributed by atoms with Crippen LogP contribution >= 0.6 is 15.9 Å². The van der Waals surface area contributed by atoms with Gasteiger partial charge in [-0.2, -0.15) is 0 Å². The van der Waals surface area contributed by atoms with Gasteiger partial charge in [-0.25, -0.2) is 0 Å². The number of hydrogen-bond acceptors (Lipinski definition) is 2. The number of furan rings is 1. The van der Waals surface area contributed by atoms with Gasteiger partial charge in [-0.05, 0) is 32.0 Å². The molecule has 0 saturated carbocycles. The molecule has 0 aliphatic rings. The summed E-state index contributed by atoms with van der Waals surface area (Å²) in [7, 11) is 0. The Morgan fingerprint density at radius 3 is 2.71 bits per heavy atom. The van der Waals surface area contributed by atoms with E-state index in [1.54, 1.807) is 20.1 Å². The Morgan fingerprint density at radius 1 is 1.36 bits per heavy atom. The monoisotopic (exact) mass is 254 g/mol. The van der Waals surface area contributed by atoms with Crippen molar-refractivity contribution in [3.05, 3.63) is 34.5 Å². The molecule has 0 fully saturated rings. The number of fused-ring (bicyclic) bond motifs is 1. The molecule has 2 nitrogen and oxygen atoms in total. The Morgan fingerprint density at radius 2 is 2.07 bits per heavy atom. The van der Waals surface area contributed by atoms with Crippen LogP contribution in [0.15, 0.2) is 33.4 Å². The van der Waals surface area contributed by atoms with E-state index in [1.807, 2.05) is 18.2 Å². The third-order valence-electron chi connectivity index (χ3n) is 2.20. The predicted octanol–water partition coefficient (Wildman–Crippen LogP) is 3.42. The van der Waals surface area contributed by atoms with Crippen LogP contribution in [0.3, 0.4) is 0 Å². The predicted molar refractivity (Wildman–Crippen MR) is 59.2 cm³/mol. The summed E-state index contributed by atoms with van der Waals surface area (Å²) < 4.78 is 6.34. The molecule has 2 rings (SSSR count). The summed E-state index contributed by atoms with van der Waals surface area (Å²) in [5.41, 5.74) is 0.746. The molecule has 0 bridgehead atoms. The molecule has 1 N–H and O–H groups in total. The Labute approximate surface area is 90.7 Å². The fraction of sp³-hybridized carbons (Fsp3) is 0.273. The summed E-state index contributed by atoms with van der Waals surface area (Å²) in [6.07, 6.45) is 1.61. The van der Waals surface area contributed by atoms with Crippen LogP contribution in [0, 0.1) is 0 Å². The van der Waals surface area contributed by atoms with Crippen LogP contribution in [-0.4, -0.2) is 5.11 Å². The lowest BCUT2D eigenvalue weighted by Gasteiger charge is -2.14. The summed E-state index contributed by atoms with van der Waals surface area (Å²) in [4.78, 5) is 0. The normalized spacial score (nSPS) is 12.3. The van der Waals surface area contributed by atoms with Crippen molar-refractivity contribution in [3.63, 3.8) is 0 Å². The summed E-state index contributed by atoms with van der Waals surface area (Å²) in [5, 5.41) is 10.8. The molecule has 0 amide bonds. The largest absolute Gasteiger partial charge is 0.464 e. The van der Waals surface area contributed by atoms with E-state index in [2.05, 4.69) is 15.9 Å². The second kappa shape index (κ2) is 3.11. The van der Waals surface area contributed by atoms with Crippen LogP contribution in [0.1, 0.15) is 19.4 Å². The molecule has 0 saturated heterocycles. The van der Waals surface area contributed by atoms with Crippen molar-refractivity contribution in [3.8, 4) is 0 Å². The van der Waals surface area contributed by atoms with Crippen molar-refractivity contribution in [2.45, 2.75) is 19.4 Å². The Balaban J connectivity index is 2.70. The van der Waals surface area contributed by atoms with Crippen molar-refractivity contribution >= 4 is 26.9 Å². The first-order valence-corrected chi connectivity index (χ1v) is 5.17. The fourth-order valence-corrected chi connectivity index (χ4v) is 1.82. The van der Waals surface area contributed by atoms with Gasteiger partial charge in [0.15, 0.2) is 0 Å². The lowest BCUT2D eigenvalue weighted by molar-refractivity contribution is 0.0792. The summed E-state index contributed by atoms with van der Waals surface area (Å²) in [6, 6.07) is 5.77. The molecule has 1 heterocycles. The number of hydrogen-bond donors (Lipinski definition) is 1. The Hall–Kier alpha value is -0.800. The molecule has 14 heavy (non-hydrogen) atoms. The van der Waals surface area contributed by atoms with E-state index in [0.29, 0.717) is 0 Å². The molecule has 74 valence electrons. The fourth-order valence-electron chi connectivity index (χ4n) is 1.48. The topological polar surface area (TPSA) is 33.4 Å². The van der Waals surface area contributed by atoms with Gasteiger partial charge >= 0.3 is 0 Å². The van der Waals surface area contributed by atoms with E-state index in [4.69, 9.17) is 4.42 Å². The van der Waals surface area contributed by atoms with E-state index >= 15 is 0 Å². The van der Waals surface area contributed by atoms with E-state index in [9.17, 15) is 5.11 Å². The minimum atomic E-state index is -0.862. The third-order valence-corrected chi connectivity index (χ3v) is 2.69. The minimum Gasteiger partial charge on any atom is -0.464 e. The van der Waals surface area contributed by atoms with Crippen LogP contribution in [0.2, 0.25) is 0 Å². The summed E-state index contributed by atoms with van der Waals surface area (Å²) >= 11 is 3.37. The van der Waals surface area contributed by atoms with Crippen LogP contribution < -0.4 is 0 Å². The minimum absolute atomic E-state index is 0.788. The second-order valence-corrected chi connectivity index (χ2v) is 4.76. The first-order valence-electron chi connectivity index (χ1n) is 4.38. The van der Waals surface area contributed by atoms with Crippen LogP contribution in [0.4, 0.5) is 0 Å². The highest BCUT2D eigenvalue weighted by atomic mass is 79.9. The Kier molecular flexibility index (Phi) is 2.16. The van der Waals surface area contributed by atoms with Gasteiger partial charge in [0, 0.05) is 15.4 Å². The van der Waals surface area contributed by atoms with E-state index < -0.39 is 5.60 Å². The number of halogens is 1. The molecular weight excluding hydrogens is 244 g/mol. The van der Waals surface area contributed by atoms with Crippen molar-refractivity contribution in [2.75, 3.05) is 0 Å². The number of rotatable bonds is 1. The van der Waals surface area contributed by atoms with Crippen molar-refractivity contribution in [1.29, 1.82) is 0 Å². The van der Waals surface area contributed by atoms with Gasteiger partial charge in [0.05, 0.1) is 11.9 Å². The molecular formula is C11H11BrO2. The molecule has 0 atom stereocenters. The maximum Gasteiger partial charge on any atom is 0.135 e. The van der Waals surface area contributed by atoms with E-state index in [1.165, 1.54) is 0 Å². The van der Waals surface area contributed by atoms with Gasteiger partial charge in [-0.15, -0.1) is 0 Å². The van der Waals surface area contributed by atoms with Crippen LogP contribution in [0.25, 0.3) is 11.0 Å². The molecule has 0 aliphatic carbocycles. The maximum atomic E-state index is 9.87. The zero-order valence-electron chi connectivity index (χ0n) is 8.04. The van der Waals surface area contributed by atoms with Gasteiger partial charge in [-0.3, -0.25) is 0 Å². The molecule has 0 radical (unpaired) electrons. The first kappa shape index (κ1) is 9.74. The molecule has 2 aromatic rings. The second-order valence-electron chi connectivity index (χ2n) is 3.85. The van der Waals surface area contributed by atoms with Crippen LogP contribution in [0.5, 0.6) is 0 Å². The van der Waals surface area contributed by atoms with E-state index in [-0.39, 0.29) is 0 Å². The third kappa shape index (κ3) is 1.57. The molecule has 1 aromatic heterocycles. The quantitative estimate of drug-likeness (QED) is 0.846. The van der Waals surface area contributed by atoms with Gasteiger partial charge < -0.3 is 9.52 Å². The lowest BCUT2D eigenvalue weighted by Crippen LogP contribution is -2.14. The van der Waals surface area contributed by atoms with Gasteiger partial charge in [-0.1, -0.05) is 15.9 Å². The zero-order chi connectivity index (χ0) is 10.3. The Bertz CT molecular complexity index is 466. The van der Waals surface area contributed by atoms with Gasteiger partial charge in [0.2, 0.25) is 0 Å². The number of benzene rings is 1. The summed E-state index contributed by atoms with van der Waals surface area (Å²) in [6.45, 7) is 3.50. The highest BCUT2D eigenvalue weighted by molar-refractivity contribution is 9.10. The van der Waals surface area contributed by atoms with Crippen molar-refractivity contribution in [1.82, 2.24) is 0 Å². The van der Waals surface area contributed by atoms with Gasteiger partial charge in [0.25, 0.3) is 0 Å². The molecule has 3 heteroatoms. The standard InChI is InChI=1S/C11H11BrO2/c1-11(2,13)9-6-14-10-5-7(12)3-4-8(9)10/h3-6,13H,1-2H3. The molecule has 1 aromatic carbocycles. The molecule has 0 aliphatic heterocycles.